The molecule has 0 spiro atoms. The van der Waals surface area contributed by atoms with Crippen LogP contribution in [0, 0.1) is 0 Å². The molecule has 5 nitrogen and oxygen atoms in total. The Kier molecular flexibility index (Phi) is 3.93. The van der Waals surface area contributed by atoms with Crippen molar-refractivity contribution in [1.29, 1.82) is 0 Å². The second kappa shape index (κ2) is 5.21. The molecule has 0 aromatic heterocycles. The number of ether oxygens (including phenoxy) is 1. The number of carbonyl (C=O) groups is 1. The highest BCUT2D eigenvalue weighted by atomic mass is 16.5. The number of nitrogens with one attached hydrogen (secondary N) is 1. The number of primary amides is 1. The van der Waals surface area contributed by atoms with Crippen LogP contribution in [0.15, 0.2) is 18.2 Å². The molecule has 82 valence electrons. The number of phenolic OH excluding ortho intramolecular Hbond substituents is 1. The van der Waals surface area contributed by atoms with Crippen molar-refractivity contribution in [3.63, 3.8) is 0 Å². The van der Waals surface area contributed by atoms with Crippen molar-refractivity contribution in [2.45, 2.75) is 6.54 Å². The average Bonchev–Trinajstić information content (AvgIpc) is 2.20. The zero-order valence-electron chi connectivity index (χ0n) is 8.49. The molecule has 1 aromatic rings. The van der Waals surface area contributed by atoms with Crippen LogP contribution in [0.5, 0.6) is 11.5 Å². The number of phenols is 1. The Bertz CT molecular complexity index is 353. The third-order valence-electron chi connectivity index (χ3n) is 1.91. The molecule has 1 rings (SSSR count). The molecule has 0 bridgehead atoms. The lowest BCUT2D eigenvalue weighted by Crippen LogP contribution is -2.28. The highest BCUT2D eigenvalue weighted by Crippen LogP contribution is 2.22. The van der Waals surface area contributed by atoms with E-state index in [0.29, 0.717) is 17.9 Å². The van der Waals surface area contributed by atoms with Gasteiger partial charge in [-0.05, 0) is 6.07 Å². The highest BCUT2D eigenvalue weighted by molar-refractivity contribution is 5.75. The number of hydrogen-bond acceptors (Lipinski definition) is 4. The van der Waals surface area contributed by atoms with Crippen LogP contribution in [0.3, 0.4) is 0 Å². The molecule has 0 saturated carbocycles. The van der Waals surface area contributed by atoms with E-state index >= 15 is 0 Å². The van der Waals surface area contributed by atoms with Crippen molar-refractivity contribution in [1.82, 2.24) is 5.32 Å². The fourth-order valence-electron chi connectivity index (χ4n) is 1.14. The van der Waals surface area contributed by atoms with Crippen LogP contribution in [0.1, 0.15) is 5.56 Å². The topological polar surface area (TPSA) is 84.6 Å². The van der Waals surface area contributed by atoms with E-state index in [9.17, 15) is 9.90 Å². The number of carbonyl (C=O) groups excluding carboxylic acids is 1. The highest BCUT2D eigenvalue weighted by Gasteiger charge is 2.03. The maximum absolute atomic E-state index is 10.5. The molecular weight excluding hydrogens is 196 g/mol. The molecule has 0 radical (unpaired) electrons. The Balaban J connectivity index is 2.58. The second-order valence-electron chi connectivity index (χ2n) is 3.06. The summed E-state index contributed by atoms with van der Waals surface area (Å²) in [5, 5.41) is 12.4. The molecule has 0 saturated heterocycles. The van der Waals surface area contributed by atoms with Crippen LogP contribution in [-0.2, 0) is 11.3 Å². The summed E-state index contributed by atoms with van der Waals surface area (Å²) in [7, 11) is 1.53. The van der Waals surface area contributed by atoms with Crippen molar-refractivity contribution in [2.24, 2.45) is 5.73 Å². The molecule has 5 heteroatoms. The smallest absolute Gasteiger partial charge is 0.231 e. The number of nitrogens with two attached hydrogens (primary N) is 1. The number of benzene rings is 1. The van der Waals surface area contributed by atoms with Crippen molar-refractivity contribution in [2.75, 3.05) is 13.7 Å². The summed E-state index contributed by atoms with van der Waals surface area (Å²) in [6.07, 6.45) is 0. The molecular formula is C10H14N2O3. The zero-order valence-corrected chi connectivity index (χ0v) is 8.49. The summed E-state index contributed by atoms with van der Waals surface area (Å²) < 4.78 is 4.94. The molecule has 15 heavy (non-hydrogen) atoms. The van der Waals surface area contributed by atoms with Crippen molar-refractivity contribution in [3.05, 3.63) is 23.8 Å². The Morgan fingerprint density at radius 1 is 1.60 bits per heavy atom. The first kappa shape index (κ1) is 11.3. The second-order valence-corrected chi connectivity index (χ2v) is 3.06. The van der Waals surface area contributed by atoms with E-state index in [1.54, 1.807) is 12.1 Å². The van der Waals surface area contributed by atoms with Gasteiger partial charge in [0.05, 0.1) is 13.7 Å². The average molecular weight is 210 g/mol. The van der Waals surface area contributed by atoms with E-state index in [0.717, 1.165) is 0 Å². The maximum atomic E-state index is 10.5. The predicted molar refractivity (Wildman–Crippen MR) is 55.6 cm³/mol. The van der Waals surface area contributed by atoms with Gasteiger partial charge in [-0.15, -0.1) is 0 Å². The number of methoxy groups -OCH3 is 1. The van der Waals surface area contributed by atoms with Gasteiger partial charge < -0.3 is 20.9 Å². The zero-order chi connectivity index (χ0) is 11.3. The summed E-state index contributed by atoms with van der Waals surface area (Å²) in [5.74, 6) is 0.292. The molecule has 0 aliphatic rings. The van der Waals surface area contributed by atoms with Gasteiger partial charge >= 0.3 is 0 Å². The Hall–Kier alpha value is -1.75. The van der Waals surface area contributed by atoms with E-state index in [1.807, 2.05) is 0 Å². The third-order valence-corrected chi connectivity index (χ3v) is 1.91. The number of amides is 1. The van der Waals surface area contributed by atoms with Gasteiger partial charge in [-0.25, -0.2) is 0 Å². The van der Waals surface area contributed by atoms with Crippen molar-refractivity contribution in [3.8, 4) is 11.5 Å². The van der Waals surface area contributed by atoms with E-state index in [1.165, 1.54) is 13.2 Å². The molecule has 4 N–H and O–H groups in total. The normalized spacial score (nSPS) is 9.93. The minimum atomic E-state index is -0.428. The first-order chi connectivity index (χ1) is 7.13. The molecule has 0 aliphatic heterocycles. The van der Waals surface area contributed by atoms with Crippen molar-refractivity contribution >= 4 is 5.91 Å². The largest absolute Gasteiger partial charge is 0.507 e. The predicted octanol–water partition coefficient (Wildman–Crippen LogP) is -0.0243. The Morgan fingerprint density at radius 3 is 2.87 bits per heavy atom. The third kappa shape index (κ3) is 3.47. The van der Waals surface area contributed by atoms with Gasteiger partial charge in [0.1, 0.15) is 11.5 Å². The molecule has 0 atom stereocenters. The summed E-state index contributed by atoms with van der Waals surface area (Å²) in [6, 6.07) is 4.98. The first-order valence-corrected chi connectivity index (χ1v) is 4.48. The fraction of sp³-hybridized carbons (Fsp3) is 0.300. The van der Waals surface area contributed by atoms with Crippen molar-refractivity contribution < 1.29 is 14.6 Å². The van der Waals surface area contributed by atoms with Gasteiger partial charge in [-0.2, -0.15) is 0 Å². The summed E-state index contributed by atoms with van der Waals surface area (Å²) in [4.78, 5) is 10.5. The van der Waals surface area contributed by atoms with Crippen LogP contribution >= 0.6 is 0 Å². The number of rotatable bonds is 5. The van der Waals surface area contributed by atoms with E-state index in [-0.39, 0.29) is 12.3 Å². The van der Waals surface area contributed by atoms with Gasteiger partial charge in [0.2, 0.25) is 5.91 Å². The maximum Gasteiger partial charge on any atom is 0.231 e. The van der Waals surface area contributed by atoms with Gasteiger partial charge in [-0.1, -0.05) is 6.07 Å². The molecule has 0 aliphatic carbocycles. The molecule has 0 heterocycles. The lowest BCUT2D eigenvalue weighted by Gasteiger charge is -2.07. The van der Waals surface area contributed by atoms with E-state index in [2.05, 4.69) is 5.32 Å². The molecule has 1 aromatic carbocycles. The lowest BCUT2D eigenvalue weighted by atomic mass is 10.2. The number of hydrogen-bond donors (Lipinski definition) is 3. The minimum absolute atomic E-state index is 0.0888. The monoisotopic (exact) mass is 210 g/mol. The standard InChI is InChI=1S/C10H14N2O3/c1-15-8-3-2-7(9(13)4-8)5-12-6-10(11)14/h2-4,12-13H,5-6H2,1H3,(H2,11,14). The van der Waals surface area contributed by atoms with E-state index < -0.39 is 5.91 Å². The first-order valence-electron chi connectivity index (χ1n) is 4.48. The van der Waals surface area contributed by atoms with Crippen LogP contribution in [0.4, 0.5) is 0 Å². The van der Waals surface area contributed by atoms with Crippen LogP contribution in [-0.4, -0.2) is 24.7 Å². The summed E-state index contributed by atoms with van der Waals surface area (Å²) >= 11 is 0. The minimum Gasteiger partial charge on any atom is -0.507 e. The van der Waals surface area contributed by atoms with Gasteiger partial charge in [0, 0.05) is 18.2 Å². The lowest BCUT2D eigenvalue weighted by molar-refractivity contribution is -0.117. The number of aromatic hydroxyl groups is 1. The summed E-state index contributed by atoms with van der Waals surface area (Å²) in [6.45, 7) is 0.476. The van der Waals surface area contributed by atoms with Gasteiger partial charge in [-0.3, -0.25) is 4.79 Å². The SMILES string of the molecule is COc1ccc(CNCC(N)=O)c(O)c1. The quantitative estimate of drug-likeness (QED) is 0.637. The molecule has 0 unspecified atom stereocenters. The Morgan fingerprint density at radius 2 is 2.33 bits per heavy atom. The fourth-order valence-corrected chi connectivity index (χ4v) is 1.14. The molecule has 0 fully saturated rings. The van der Waals surface area contributed by atoms with Crippen LogP contribution < -0.4 is 15.8 Å². The van der Waals surface area contributed by atoms with Crippen LogP contribution in [0.25, 0.3) is 0 Å². The van der Waals surface area contributed by atoms with Crippen LogP contribution in [0.2, 0.25) is 0 Å². The van der Waals surface area contributed by atoms with Gasteiger partial charge in [0.15, 0.2) is 0 Å². The molecule has 1 amide bonds. The Labute approximate surface area is 87.9 Å². The van der Waals surface area contributed by atoms with E-state index in [4.69, 9.17) is 10.5 Å². The summed E-state index contributed by atoms with van der Waals surface area (Å²) in [5.41, 5.74) is 5.65. The van der Waals surface area contributed by atoms with Gasteiger partial charge in [0.25, 0.3) is 0 Å².